The lowest BCUT2D eigenvalue weighted by Crippen LogP contribution is -2.34. The summed E-state index contributed by atoms with van der Waals surface area (Å²) < 4.78 is 0. The van der Waals surface area contributed by atoms with E-state index in [0.717, 1.165) is 30.9 Å². The third-order valence-electron chi connectivity index (χ3n) is 3.00. The van der Waals surface area contributed by atoms with Gasteiger partial charge in [-0.05, 0) is 31.9 Å². The molecule has 0 bridgehead atoms. The van der Waals surface area contributed by atoms with Crippen LogP contribution in [0.4, 0.5) is 5.82 Å². The van der Waals surface area contributed by atoms with Gasteiger partial charge in [0.15, 0.2) is 0 Å². The fourth-order valence-corrected chi connectivity index (χ4v) is 2.05. The zero-order chi connectivity index (χ0) is 15.0. The minimum Gasteiger partial charge on any atom is -0.395 e. The lowest BCUT2D eigenvalue weighted by atomic mass is 10.1. The van der Waals surface area contributed by atoms with E-state index in [1.165, 1.54) is 0 Å². The number of carbonyl (C=O) groups is 1. The van der Waals surface area contributed by atoms with Crippen LogP contribution in [0.5, 0.6) is 0 Å². The van der Waals surface area contributed by atoms with Crippen molar-refractivity contribution >= 4 is 11.7 Å². The first-order valence-corrected chi connectivity index (χ1v) is 7.31. The van der Waals surface area contributed by atoms with E-state index < -0.39 is 0 Å². The summed E-state index contributed by atoms with van der Waals surface area (Å²) in [5.74, 6) is 0.688. The number of rotatable bonds is 8. The van der Waals surface area contributed by atoms with Gasteiger partial charge in [0.2, 0.25) is 0 Å². The Kier molecular flexibility index (Phi) is 7.01. The summed E-state index contributed by atoms with van der Waals surface area (Å²) in [4.78, 5) is 18.6. The fraction of sp³-hybridized carbons (Fsp3) is 0.600. The van der Waals surface area contributed by atoms with Gasteiger partial charge in [0, 0.05) is 30.9 Å². The number of carbonyl (C=O) groups excluding carboxylic acids is 1. The normalized spacial score (nSPS) is 10.4. The Labute approximate surface area is 121 Å². The number of nitrogens with zero attached hydrogens (tertiary/aromatic N) is 2. The molecular formula is C15H25N3O2. The van der Waals surface area contributed by atoms with Crippen LogP contribution in [0.2, 0.25) is 0 Å². The molecule has 0 aliphatic heterocycles. The smallest absolute Gasteiger partial charge is 0.254 e. The summed E-state index contributed by atoms with van der Waals surface area (Å²) in [6.07, 6.45) is 1.66. The molecule has 2 N–H and O–H groups in total. The summed E-state index contributed by atoms with van der Waals surface area (Å²) in [5.41, 5.74) is 1.53. The van der Waals surface area contributed by atoms with Crippen LogP contribution in [0, 0.1) is 0 Å². The fourth-order valence-electron chi connectivity index (χ4n) is 2.05. The molecule has 0 spiro atoms. The third kappa shape index (κ3) is 4.49. The molecule has 1 amide bonds. The van der Waals surface area contributed by atoms with E-state index in [-0.39, 0.29) is 12.5 Å². The van der Waals surface area contributed by atoms with Crippen LogP contribution >= 0.6 is 0 Å². The number of aryl methyl sites for hydroxylation is 1. The van der Waals surface area contributed by atoms with E-state index in [2.05, 4.69) is 10.3 Å². The van der Waals surface area contributed by atoms with Crippen LogP contribution < -0.4 is 5.32 Å². The highest BCUT2D eigenvalue weighted by Gasteiger charge is 2.16. The Morgan fingerprint density at radius 1 is 1.30 bits per heavy atom. The molecule has 0 atom stereocenters. The van der Waals surface area contributed by atoms with Gasteiger partial charge in [-0.3, -0.25) is 4.79 Å². The zero-order valence-corrected chi connectivity index (χ0v) is 12.6. The lowest BCUT2D eigenvalue weighted by Gasteiger charge is -2.21. The van der Waals surface area contributed by atoms with Gasteiger partial charge in [0.25, 0.3) is 5.91 Å². The molecule has 5 heteroatoms. The first kappa shape index (κ1) is 16.4. The Hall–Kier alpha value is -1.62. The van der Waals surface area contributed by atoms with Crippen LogP contribution in [0.3, 0.4) is 0 Å². The monoisotopic (exact) mass is 279 g/mol. The molecule has 20 heavy (non-hydrogen) atoms. The Morgan fingerprint density at radius 2 is 2.05 bits per heavy atom. The standard InChI is InChI=1S/C15H25N3O2/c1-4-7-18(8-9-19)15(20)12-10-13(5-2)17-14(11-12)16-6-3/h10-11,19H,4-9H2,1-3H3,(H,16,17). The molecular weight excluding hydrogens is 254 g/mol. The van der Waals surface area contributed by atoms with Crippen LogP contribution in [0.15, 0.2) is 12.1 Å². The van der Waals surface area contributed by atoms with Crippen LogP contribution in [0.1, 0.15) is 43.2 Å². The molecule has 0 aliphatic carbocycles. The highest BCUT2D eigenvalue weighted by molar-refractivity contribution is 5.95. The molecule has 0 aliphatic rings. The summed E-state index contributed by atoms with van der Waals surface area (Å²) in [5, 5.41) is 12.2. The predicted octanol–water partition coefficient (Wildman–Crippen LogP) is 1.92. The number of pyridine rings is 1. The van der Waals surface area contributed by atoms with E-state index in [1.807, 2.05) is 26.8 Å². The molecule has 112 valence electrons. The molecule has 0 aromatic carbocycles. The Bertz CT molecular complexity index is 429. The maximum absolute atomic E-state index is 12.5. The van der Waals surface area contributed by atoms with Crippen molar-refractivity contribution in [2.75, 3.05) is 31.6 Å². The van der Waals surface area contributed by atoms with E-state index >= 15 is 0 Å². The van der Waals surface area contributed by atoms with Gasteiger partial charge < -0.3 is 15.3 Å². The lowest BCUT2D eigenvalue weighted by molar-refractivity contribution is 0.0722. The van der Waals surface area contributed by atoms with Crippen molar-refractivity contribution in [3.05, 3.63) is 23.4 Å². The molecule has 5 nitrogen and oxygen atoms in total. The van der Waals surface area contributed by atoms with Gasteiger partial charge in [0.05, 0.1) is 6.61 Å². The average Bonchev–Trinajstić information content (AvgIpc) is 2.46. The second-order valence-electron chi connectivity index (χ2n) is 4.63. The third-order valence-corrected chi connectivity index (χ3v) is 3.00. The Morgan fingerprint density at radius 3 is 2.60 bits per heavy atom. The highest BCUT2D eigenvalue weighted by atomic mass is 16.3. The van der Waals surface area contributed by atoms with Crippen LogP contribution in [0.25, 0.3) is 0 Å². The topological polar surface area (TPSA) is 65.5 Å². The zero-order valence-electron chi connectivity index (χ0n) is 12.6. The SMILES string of the molecule is CCCN(CCO)C(=O)c1cc(CC)nc(NCC)c1. The second-order valence-corrected chi connectivity index (χ2v) is 4.63. The molecule has 0 unspecified atom stereocenters. The maximum Gasteiger partial charge on any atom is 0.254 e. The van der Waals surface area contributed by atoms with Crippen molar-refractivity contribution in [2.45, 2.75) is 33.6 Å². The van der Waals surface area contributed by atoms with Crippen molar-refractivity contribution in [1.82, 2.24) is 9.88 Å². The number of aromatic nitrogens is 1. The first-order chi connectivity index (χ1) is 9.65. The van der Waals surface area contributed by atoms with Crippen molar-refractivity contribution in [3.63, 3.8) is 0 Å². The summed E-state index contributed by atoms with van der Waals surface area (Å²) in [7, 11) is 0. The maximum atomic E-state index is 12.5. The number of hydrogen-bond donors (Lipinski definition) is 2. The van der Waals surface area contributed by atoms with E-state index in [0.29, 0.717) is 18.7 Å². The summed E-state index contributed by atoms with van der Waals surface area (Å²) in [6, 6.07) is 3.62. The van der Waals surface area contributed by atoms with Crippen molar-refractivity contribution in [1.29, 1.82) is 0 Å². The number of aliphatic hydroxyl groups excluding tert-OH is 1. The molecule has 1 rings (SSSR count). The molecule has 0 saturated carbocycles. The minimum absolute atomic E-state index is 0.0163. The van der Waals surface area contributed by atoms with E-state index in [9.17, 15) is 4.79 Å². The number of amides is 1. The first-order valence-electron chi connectivity index (χ1n) is 7.31. The number of aliphatic hydroxyl groups is 1. The van der Waals surface area contributed by atoms with E-state index in [4.69, 9.17) is 5.11 Å². The minimum atomic E-state index is -0.0443. The largest absolute Gasteiger partial charge is 0.395 e. The van der Waals surface area contributed by atoms with E-state index in [1.54, 1.807) is 11.0 Å². The quantitative estimate of drug-likeness (QED) is 0.763. The van der Waals surface area contributed by atoms with Gasteiger partial charge in [-0.2, -0.15) is 0 Å². The molecule has 1 aromatic rings. The van der Waals surface area contributed by atoms with Gasteiger partial charge in [-0.15, -0.1) is 0 Å². The number of hydrogen-bond acceptors (Lipinski definition) is 4. The van der Waals surface area contributed by atoms with Crippen LogP contribution in [-0.4, -0.2) is 47.1 Å². The molecule has 0 saturated heterocycles. The molecule has 0 radical (unpaired) electrons. The van der Waals surface area contributed by atoms with Gasteiger partial charge in [-0.1, -0.05) is 13.8 Å². The predicted molar refractivity (Wildman–Crippen MR) is 81.1 cm³/mol. The summed E-state index contributed by atoms with van der Waals surface area (Å²) >= 11 is 0. The number of anilines is 1. The van der Waals surface area contributed by atoms with Gasteiger partial charge >= 0.3 is 0 Å². The van der Waals surface area contributed by atoms with Gasteiger partial charge in [-0.25, -0.2) is 4.98 Å². The number of nitrogens with one attached hydrogen (secondary N) is 1. The average molecular weight is 279 g/mol. The highest BCUT2D eigenvalue weighted by Crippen LogP contribution is 2.14. The summed E-state index contributed by atoms with van der Waals surface area (Å²) in [6.45, 7) is 7.81. The molecule has 1 aromatic heterocycles. The second kappa shape index (κ2) is 8.53. The molecule has 1 heterocycles. The Balaban J connectivity index is 3.02. The van der Waals surface area contributed by atoms with Crippen LogP contribution in [-0.2, 0) is 6.42 Å². The molecule has 0 fully saturated rings. The van der Waals surface area contributed by atoms with Crippen molar-refractivity contribution in [3.8, 4) is 0 Å². The van der Waals surface area contributed by atoms with Crippen molar-refractivity contribution < 1.29 is 9.90 Å². The van der Waals surface area contributed by atoms with Gasteiger partial charge in [0.1, 0.15) is 5.82 Å². The van der Waals surface area contributed by atoms with Crippen molar-refractivity contribution in [2.24, 2.45) is 0 Å².